The van der Waals surface area contributed by atoms with Crippen molar-refractivity contribution in [2.45, 2.75) is 44.2 Å². The lowest BCUT2D eigenvalue weighted by Crippen LogP contribution is -2.51. The second-order valence-corrected chi connectivity index (χ2v) is 9.02. The van der Waals surface area contributed by atoms with Crippen molar-refractivity contribution in [3.8, 4) is 5.75 Å². The molecule has 0 radical (unpaired) electrons. The summed E-state index contributed by atoms with van der Waals surface area (Å²) < 4.78 is 18.8. The number of benzene rings is 1. The summed E-state index contributed by atoms with van der Waals surface area (Å²) >= 11 is 0. The number of nitrogens with zero attached hydrogens (tertiary/aromatic N) is 3. The largest absolute Gasteiger partial charge is 0.492 e. The summed E-state index contributed by atoms with van der Waals surface area (Å²) in [6.45, 7) is 2.70. The lowest BCUT2D eigenvalue weighted by Gasteiger charge is -2.46. The number of hydrogen-bond acceptors (Lipinski definition) is 6. The highest BCUT2D eigenvalue weighted by atomic mass is 16.5. The highest BCUT2D eigenvalue weighted by Gasteiger charge is 2.41. The van der Waals surface area contributed by atoms with Gasteiger partial charge in [0.05, 0.1) is 23.9 Å². The number of para-hydroxylation sites is 2. The highest BCUT2D eigenvalue weighted by Crippen LogP contribution is 2.38. The van der Waals surface area contributed by atoms with E-state index in [0.29, 0.717) is 36.7 Å². The predicted molar refractivity (Wildman–Crippen MR) is 122 cm³/mol. The van der Waals surface area contributed by atoms with Crippen molar-refractivity contribution >= 4 is 17.0 Å². The Labute approximate surface area is 192 Å². The summed E-state index contributed by atoms with van der Waals surface area (Å²) in [4.78, 5) is 31.1. The van der Waals surface area contributed by atoms with Crippen molar-refractivity contribution in [3.63, 3.8) is 0 Å². The maximum absolute atomic E-state index is 12.9. The fraction of sp³-hybridized carbons (Fsp3) is 0.480. The first-order valence-electron chi connectivity index (χ1n) is 11.6. The minimum Gasteiger partial charge on any atom is -0.492 e. The van der Waals surface area contributed by atoms with Gasteiger partial charge < -0.3 is 18.8 Å². The molecule has 1 aromatic carbocycles. The number of rotatable bonds is 6. The van der Waals surface area contributed by atoms with Gasteiger partial charge in [-0.15, -0.1) is 0 Å². The van der Waals surface area contributed by atoms with Crippen molar-refractivity contribution in [1.29, 1.82) is 0 Å². The molecule has 2 saturated heterocycles. The fourth-order valence-electron chi connectivity index (χ4n) is 5.06. The second-order valence-electron chi connectivity index (χ2n) is 9.02. The smallest absolute Gasteiger partial charge is 0.420 e. The van der Waals surface area contributed by atoms with Gasteiger partial charge in [0, 0.05) is 25.9 Å². The Bertz CT molecular complexity index is 1150. The number of likely N-dealkylation sites (tertiary alicyclic amines) is 1. The Morgan fingerprint density at radius 1 is 1.18 bits per heavy atom. The molecular weight excluding hydrogens is 422 g/mol. The monoisotopic (exact) mass is 451 g/mol. The first-order chi connectivity index (χ1) is 16.1. The zero-order valence-electron chi connectivity index (χ0n) is 18.7. The molecule has 4 heterocycles. The molecule has 0 aliphatic carbocycles. The van der Waals surface area contributed by atoms with E-state index in [4.69, 9.17) is 13.9 Å². The minimum absolute atomic E-state index is 0.00197. The molecule has 8 nitrogen and oxygen atoms in total. The molecule has 1 atom stereocenters. The van der Waals surface area contributed by atoms with Crippen LogP contribution in [0.3, 0.4) is 0 Å². The second kappa shape index (κ2) is 9.39. The summed E-state index contributed by atoms with van der Waals surface area (Å²) in [5.74, 6) is 0.796. The predicted octanol–water partition coefficient (Wildman–Crippen LogP) is 3.25. The Balaban J connectivity index is 1.14. The number of carbonyl (C=O) groups is 1. The number of amides is 1. The topological polar surface area (TPSA) is 86.8 Å². The first kappa shape index (κ1) is 21.7. The van der Waals surface area contributed by atoms with Crippen molar-refractivity contribution in [1.82, 2.24) is 14.5 Å². The summed E-state index contributed by atoms with van der Waals surface area (Å²) in [6.07, 6.45) is 8.13. The van der Waals surface area contributed by atoms with Gasteiger partial charge in [0.15, 0.2) is 5.58 Å². The third-order valence-electron chi connectivity index (χ3n) is 6.92. The summed E-state index contributed by atoms with van der Waals surface area (Å²) in [5, 5.41) is 0. The van der Waals surface area contributed by atoms with E-state index in [9.17, 15) is 9.59 Å². The zero-order valence-corrected chi connectivity index (χ0v) is 18.7. The SMILES string of the molecule is O=C(Cn1c(=O)oc2ccccc21)N1CCC2(CC1)CC(CCOc1cccnc1)CCO2. The fourth-order valence-corrected chi connectivity index (χ4v) is 5.06. The Kier molecular flexibility index (Phi) is 6.17. The van der Waals surface area contributed by atoms with E-state index < -0.39 is 5.76 Å². The molecule has 0 N–H and O–H groups in total. The average molecular weight is 452 g/mol. The van der Waals surface area contributed by atoms with E-state index >= 15 is 0 Å². The van der Waals surface area contributed by atoms with Crippen LogP contribution in [0.15, 0.2) is 58.0 Å². The third kappa shape index (κ3) is 4.80. The van der Waals surface area contributed by atoms with Gasteiger partial charge in [0.25, 0.3) is 0 Å². The zero-order chi connectivity index (χ0) is 22.7. The van der Waals surface area contributed by atoms with Gasteiger partial charge in [-0.25, -0.2) is 4.79 Å². The number of ether oxygens (including phenoxy) is 2. The number of fused-ring (bicyclic) bond motifs is 1. The van der Waals surface area contributed by atoms with Crippen LogP contribution < -0.4 is 10.5 Å². The van der Waals surface area contributed by atoms with Crippen molar-refractivity contribution in [2.24, 2.45) is 5.92 Å². The van der Waals surface area contributed by atoms with Crippen molar-refractivity contribution in [3.05, 3.63) is 59.3 Å². The Morgan fingerprint density at radius 2 is 2.03 bits per heavy atom. The number of carbonyl (C=O) groups excluding carboxylic acids is 1. The van der Waals surface area contributed by atoms with Crippen LogP contribution in [0, 0.1) is 5.92 Å². The van der Waals surface area contributed by atoms with Gasteiger partial charge in [-0.1, -0.05) is 12.1 Å². The van der Waals surface area contributed by atoms with Crippen molar-refractivity contribution in [2.75, 3.05) is 26.3 Å². The Hall–Kier alpha value is -3.13. The molecule has 0 saturated carbocycles. The molecule has 3 aromatic rings. The van der Waals surface area contributed by atoms with E-state index in [1.807, 2.05) is 29.2 Å². The van der Waals surface area contributed by atoms with Crippen LogP contribution in [0.4, 0.5) is 0 Å². The number of oxazole rings is 1. The molecule has 1 unspecified atom stereocenters. The summed E-state index contributed by atoms with van der Waals surface area (Å²) in [5.41, 5.74) is 0.992. The number of aromatic nitrogens is 2. The standard InChI is InChI=1S/C25H29N3O5/c29-23(18-28-21-5-1-2-6-22(21)33-24(28)30)27-12-9-25(10-13-27)16-19(8-15-32-25)7-14-31-20-4-3-11-26-17-20/h1-6,11,17,19H,7-10,12-16,18H2. The van der Waals surface area contributed by atoms with Crippen LogP contribution in [-0.4, -0.2) is 52.3 Å². The van der Waals surface area contributed by atoms with Crippen LogP contribution in [0.5, 0.6) is 5.75 Å². The summed E-state index contributed by atoms with van der Waals surface area (Å²) in [6, 6.07) is 11.0. The maximum atomic E-state index is 12.9. The summed E-state index contributed by atoms with van der Waals surface area (Å²) in [7, 11) is 0. The molecule has 8 heteroatoms. The lowest BCUT2D eigenvalue weighted by atomic mass is 9.78. The molecule has 174 valence electrons. The van der Waals surface area contributed by atoms with Gasteiger partial charge >= 0.3 is 5.76 Å². The molecular formula is C25H29N3O5. The Morgan fingerprint density at radius 3 is 2.85 bits per heavy atom. The van der Waals surface area contributed by atoms with Gasteiger partial charge in [-0.3, -0.25) is 14.3 Å². The van der Waals surface area contributed by atoms with Gasteiger partial charge in [-0.05, 0) is 62.3 Å². The third-order valence-corrected chi connectivity index (χ3v) is 6.92. The van der Waals surface area contributed by atoms with Crippen LogP contribution in [-0.2, 0) is 16.1 Å². The number of piperidine rings is 1. The minimum atomic E-state index is -0.495. The molecule has 0 bridgehead atoms. The molecule has 2 fully saturated rings. The molecule has 33 heavy (non-hydrogen) atoms. The average Bonchev–Trinajstić information content (AvgIpc) is 3.15. The lowest BCUT2D eigenvalue weighted by molar-refractivity contribution is -0.148. The molecule has 2 aliphatic heterocycles. The first-order valence-corrected chi connectivity index (χ1v) is 11.6. The molecule has 2 aliphatic rings. The normalized spacial score (nSPS) is 20.2. The van der Waals surface area contributed by atoms with Crippen LogP contribution in [0.1, 0.15) is 32.1 Å². The van der Waals surface area contributed by atoms with Crippen LogP contribution >= 0.6 is 0 Å². The van der Waals surface area contributed by atoms with E-state index in [2.05, 4.69) is 4.98 Å². The number of hydrogen-bond donors (Lipinski definition) is 0. The van der Waals surface area contributed by atoms with Crippen LogP contribution in [0.2, 0.25) is 0 Å². The quantitative estimate of drug-likeness (QED) is 0.572. The van der Waals surface area contributed by atoms with Gasteiger partial charge in [0.1, 0.15) is 12.3 Å². The van der Waals surface area contributed by atoms with Crippen LogP contribution in [0.25, 0.3) is 11.1 Å². The maximum Gasteiger partial charge on any atom is 0.420 e. The molecule has 2 aromatic heterocycles. The van der Waals surface area contributed by atoms with E-state index in [1.165, 1.54) is 4.57 Å². The number of pyridine rings is 1. The van der Waals surface area contributed by atoms with Crippen molar-refractivity contribution < 1.29 is 18.7 Å². The molecule has 1 spiro atoms. The molecule has 1 amide bonds. The molecule has 5 rings (SSSR count). The van der Waals surface area contributed by atoms with E-state index in [1.54, 1.807) is 24.5 Å². The van der Waals surface area contributed by atoms with E-state index in [0.717, 1.165) is 44.5 Å². The van der Waals surface area contributed by atoms with E-state index in [-0.39, 0.29) is 18.1 Å². The van der Waals surface area contributed by atoms with Gasteiger partial charge in [0.2, 0.25) is 5.91 Å². The highest BCUT2D eigenvalue weighted by molar-refractivity contribution is 5.79. The van der Waals surface area contributed by atoms with Gasteiger partial charge in [-0.2, -0.15) is 0 Å².